The van der Waals surface area contributed by atoms with Gasteiger partial charge in [-0.25, -0.2) is 0 Å². The summed E-state index contributed by atoms with van der Waals surface area (Å²) < 4.78 is 12.0. The quantitative estimate of drug-likeness (QED) is 0.302. The first kappa shape index (κ1) is 22.2. The minimum absolute atomic E-state index is 0.0927. The molecular formula is C30H23NO4. The van der Waals surface area contributed by atoms with Crippen molar-refractivity contribution in [2.75, 3.05) is 5.32 Å². The Morgan fingerprint density at radius 2 is 1.54 bits per heavy atom. The fourth-order valence-electron chi connectivity index (χ4n) is 4.01. The number of amides is 1. The van der Waals surface area contributed by atoms with Crippen LogP contribution in [0.4, 0.5) is 5.69 Å². The number of nitrogens with one attached hydrogen (secondary N) is 1. The molecule has 0 aliphatic rings. The first-order chi connectivity index (χ1) is 17.0. The second-order valence-electron chi connectivity index (χ2n) is 8.38. The van der Waals surface area contributed by atoms with Crippen molar-refractivity contribution < 1.29 is 13.9 Å². The lowest BCUT2D eigenvalue weighted by Gasteiger charge is -2.12. The maximum Gasteiger partial charge on any atom is 0.255 e. The fraction of sp³-hybridized carbons (Fsp3) is 0.0667. The summed E-state index contributed by atoms with van der Waals surface area (Å²) in [5.74, 6) is 1.42. The monoisotopic (exact) mass is 461 g/mol. The Hall–Kier alpha value is -4.64. The Bertz CT molecular complexity index is 1590. The van der Waals surface area contributed by atoms with Crippen LogP contribution in [0.1, 0.15) is 21.5 Å². The molecule has 0 atom stereocenters. The molecule has 0 fully saturated rings. The zero-order chi connectivity index (χ0) is 24.4. The van der Waals surface area contributed by atoms with E-state index in [1.165, 1.54) is 6.07 Å². The maximum atomic E-state index is 12.9. The average Bonchev–Trinajstić information content (AvgIpc) is 2.86. The Kier molecular flexibility index (Phi) is 5.90. The van der Waals surface area contributed by atoms with Crippen LogP contribution in [0.5, 0.6) is 11.5 Å². The van der Waals surface area contributed by atoms with Crippen LogP contribution < -0.4 is 15.5 Å². The van der Waals surface area contributed by atoms with Crippen molar-refractivity contribution in [2.45, 2.75) is 13.8 Å². The number of hydrogen-bond donors (Lipinski definition) is 1. The molecule has 1 heterocycles. The summed E-state index contributed by atoms with van der Waals surface area (Å²) in [5.41, 5.74) is 4.16. The summed E-state index contributed by atoms with van der Waals surface area (Å²) in [5, 5.41) is 3.48. The third-order valence-electron chi connectivity index (χ3n) is 5.70. The molecular weight excluding hydrogens is 438 g/mol. The van der Waals surface area contributed by atoms with Crippen molar-refractivity contribution in [3.63, 3.8) is 0 Å². The van der Waals surface area contributed by atoms with Gasteiger partial charge in [-0.2, -0.15) is 0 Å². The topological polar surface area (TPSA) is 68.5 Å². The van der Waals surface area contributed by atoms with E-state index in [4.69, 9.17) is 9.15 Å². The molecule has 1 N–H and O–H groups in total. The van der Waals surface area contributed by atoms with Gasteiger partial charge in [0.25, 0.3) is 5.91 Å². The predicted molar refractivity (Wildman–Crippen MR) is 138 cm³/mol. The molecule has 5 rings (SSSR count). The van der Waals surface area contributed by atoms with E-state index in [0.29, 0.717) is 45.0 Å². The van der Waals surface area contributed by atoms with Crippen molar-refractivity contribution in [3.8, 4) is 22.8 Å². The minimum Gasteiger partial charge on any atom is -0.456 e. The number of hydrogen-bond acceptors (Lipinski definition) is 4. The molecule has 0 unspecified atom stereocenters. The van der Waals surface area contributed by atoms with Gasteiger partial charge in [0.05, 0.1) is 11.1 Å². The molecule has 0 bridgehead atoms. The van der Waals surface area contributed by atoms with E-state index >= 15 is 0 Å². The van der Waals surface area contributed by atoms with E-state index in [2.05, 4.69) is 5.32 Å². The number of aryl methyl sites for hydroxylation is 2. The van der Waals surface area contributed by atoms with Gasteiger partial charge in [0.15, 0.2) is 11.2 Å². The van der Waals surface area contributed by atoms with Crippen molar-refractivity contribution in [2.24, 2.45) is 0 Å². The number of benzene rings is 4. The fourth-order valence-corrected chi connectivity index (χ4v) is 4.01. The highest BCUT2D eigenvalue weighted by Crippen LogP contribution is 2.30. The Morgan fingerprint density at radius 1 is 0.829 bits per heavy atom. The zero-order valence-corrected chi connectivity index (χ0v) is 19.4. The highest BCUT2D eigenvalue weighted by atomic mass is 16.5. The molecule has 35 heavy (non-hydrogen) atoms. The molecule has 0 saturated heterocycles. The zero-order valence-electron chi connectivity index (χ0n) is 19.4. The smallest absolute Gasteiger partial charge is 0.255 e. The van der Waals surface area contributed by atoms with Crippen molar-refractivity contribution in [1.82, 2.24) is 0 Å². The van der Waals surface area contributed by atoms with Crippen molar-refractivity contribution in [3.05, 3.63) is 124 Å². The molecule has 1 amide bonds. The maximum absolute atomic E-state index is 12.9. The van der Waals surface area contributed by atoms with E-state index in [9.17, 15) is 9.59 Å². The first-order valence-corrected chi connectivity index (χ1v) is 11.3. The highest BCUT2D eigenvalue weighted by molar-refractivity contribution is 6.05. The van der Waals surface area contributed by atoms with Gasteiger partial charge in [-0.15, -0.1) is 0 Å². The number of fused-ring (bicyclic) bond motifs is 1. The predicted octanol–water partition coefficient (Wildman–Crippen LogP) is 7.12. The van der Waals surface area contributed by atoms with Gasteiger partial charge < -0.3 is 14.5 Å². The summed E-state index contributed by atoms with van der Waals surface area (Å²) in [6, 6.07) is 28.9. The molecule has 0 aliphatic carbocycles. The summed E-state index contributed by atoms with van der Waals surface area (Å²) in [6.45, 7) is 3.88. The minimum atomic E-state index is -0.271. The van der Waals surface area contributed by atoms with E-state index in [1.54, 1.807) is 36.4 Å². The molecule has 5 heteroatoms. The van der Waals surface area contributed by atoms with E-state index < -0.39 is 0 Å². The van der Waals surface area contributed by atoms with Gasteiger partial charge in [-0.05, 0) is 67.4 Å². The van der Waals surface area contributed by atoms with Gasteiger partial charge in [0.2, 0.25) is 0 Å². The number of para-hydroxylation sites is 3. The Labute approximate surface area is 202 Å². The molecule has 5 nitrogen and oxygen atoms in total. The van der Waals surface area contributed by atoms with E-state index in [-0.39, 0.29) is 11.3 Å². The second kappa shape index (κ2) is 9.31. The van der Waals surface area contributed by atoms with Gasteiger partial charge in [-0.1, -0.05) is 48.5 Å². The SMILES string of the molecule is Cc1cc(C)c2oc(-c3ccc(C(=O)Nc4ccccc4Oc4ccccc4)cc3)cc(=O)c2c1. The number of ether oxygens (including phenoxy) is 1. The van der Waals surface area contributed by atoms with Gasteiger partial charge in [0, 0.05) is 17.2 Å². The summed E-state index contributed by atoms with van der Waals surface area (Å²) in [6.07, 6.45) is 0. The molecule has 0 radical (unpaired) electrons. The van der Waals surface area contributed by atoms with Crippen LogP contribution >= 0.6 is 0 Å². The standard InChI is InChI=1S/C30H23NO4/c1-19-16-20(2)29-24(17-19)26(32)18-28(35-29)21-12-14-22(15-13-21)30(33)31-25-10-6-7-11-27(25)34-23-8-4-3-5-9-23/h3-18H,1-2H3,(H,31,33). The van der Waals surface area contributed by atoms with E-state index in [1.807, 2.05) is 68.4 Å². The molecule has 172 valence electrons. The van der Waals surface area contributed by atoms with Crippen LogP contribution in [0.15, 0.2) is 106 Å². The van der Waals surface area contributed by atoms with Gasteiger partial charge >= 0.3 is 0 Å². The van der Waals surface area contributed by atoms with Gasteiger partial charge in [0.1, 0.15) is 17.1 Å². The first-order valence-electron chi connectivity index (χ1n) is 11.3. The molecule has 0 aliphatic heterocycles. The largest absolute Gasteiger partial charge is 0.456 e. The Morgan fingerprint density at radius 3 is 2.31 bits per heavy atom. The number of anilines is 1. The van der Waals surface area contributed by atoms with Crippen LogP contribution in [-0.4, -0.2) is 5.91 Å². The number of carbonyl (C=O) groups is 1. The van der Waals surface area contributed by atoms with Crippen LogP contribution in [0, 0.1) is 13.8 Å². The lowest BCUT2D eigenvalue weighted by molar-refractivity contribution is 0.102. The van der Waals surface area contributed by atoms with Gasteiger partial charge in [-0.3, -0.25) is 9.59 Å². The summed E-state index contributed by atoms with van der Waals surface area (Å²) in [7, 11) is 0. The molecule has 4 aromatic carbocycles. The summed E-state index contributed by atoms with van der Waals surface area (Å²) >= 11 is 0. The average molecular weight is 462 g/mol. The lowest BCUT2D eigenvalue weighted by atomic mass is 10.1. The van der Waals surface area contributed by atoms with Crippen molar-refractivity contribution in [1.29, 1.82) is 0 Å². The Balaban J connectivity index is 1.38. The molecule has 0 saturated carbocycles. The third kappa shape index (κ3) is 4.70. The second-order valence-corrected chi connectivity index (χ2v) is 8.38. The molecule has 0 spiro atoms. The summed E-state index contributed by atoms with van der Waals surface area (Å²) in [4.78, 5) is 25.6. The van der Waals surface area contributed by atoms with Crippen molar-refractivity contribution >= 4 is 22.6 Å². The number of rotatable bonds is 5. The number of carbonyl (C=O) groups excluding carboxylic acids is 1. The lowest BCUT2D eigenvalue weighted by Crippen LogP contribution is -2.12. The molecule has 5 aromatic rings. The van der Waals surface area contributed by atoms with Crippen LogP contribution in [0.25, 0.3) is 22.3 Å². The third-order valence-corrected chi connectivity index (χ3v) is 5.70. The van der Waals surface area contributed by atoms with Crippen LogP contribution in [0.3, 0.4) is 0 Å². The van der Waals surface area contributed by atoms with E-state index in [0.717, 1.165) is 11.1 Å². The molecule has 1 aromatic heterocycles. The highest BCUT2D eigenvalue weighted by Gasteiger charge is 2.13. The van der Waals surface area contributed by atoms with Crippen LogP contribution in [0.2, 0.25) is 0 Å². The van der Waals surface area contributed by atoms with Crippen LogP contribution in [-0.2, 0) is 0 Å². The normalized spacial score (nSPS) is 10.8.